The molecule has 170 valence electrons. The molecule has 0 aliphatic carbocycles. The zero-order valence-electron chi connectivity index (χ0n) is 17.5. The highest BCUT2D eigenvalue weighted by Crippen LogP contribution is 2.41. The van der Waals surface area contributed by atoms with Crippen LogP contribution in [0.3, 0.4) is 0 Å². The summed E-state index contributed by atoms with van der Waals surface area (Å²) in [6, 6.07) is 10.2. The first kappa shape index (κ1) is 22.0. The van der Waals surface area contributed by atoms with Crippen molar-refractivity contribution in [3.8, 4) is 11.5 Å². The Morgan fingerprint density at radius 2 is 2.00 bits per heavy atom. The van der Waals surface area contributed by atoms with Crippen LogP contribution in [0.2, 0.25) is 0 Å². The van der Waals surface area contributed by atoms with E-state index in [0.29, 0.717) is 34.1 Å². The molecule has 0 saturated heterocycles. The molecule has 0 saturated carbocycles. The molecule has 3 aromatic rings. The van der Waals surface area contributed by atoms with E-state index in [9.17, 15) is 23.1 Å². The molecule has 1 aliphatic heterocycles. The quantitative estimate of drug-likeness (QED) is 0.492. The molecular weight excluding hydrogens is 425 g/mol. The number of carbonyl (C=O) groups is 1. The molecule has 2 aromatic carbocycles. The first-order chi connectivity index (χ1) is 15.2. The molecule has 2 atom stereocenters. The van der Waals surface area contributed by atoms with Crippen molar-refractivity contribution in [1.29, 1.82) is 0 Å². The highest BCUT2D eigenvalue weighted by Gasteiger charge is 2.46. The molecule has 0 radical (unpaired) electrons. The van der Waals surface area contributed by atoms with Crippen molar-refractivity contribution in [2.24, 2.45) is 0 Å². The number of benzene rings is 2. The van der Waals surface area contributed by atoms with Gasteiger partial charge in [0.1, 0.15) is 17.0 Å². The number of esters is 1. The van der Waals surface area contributed by atoms with E-state index in [1.54, 1.807) is 19.1 Å². The lowest BCUT2D eigenvalue weighted by atomic mass is 9.80. The molecule has 1 aliphatic rings. The van der Waals surface area contributed by atoms with Crippen LogP contribution in [-0.2, 0) is 16.0 Å². The second kappa shape index (κ2) is 8.05. The van der Waals surface area contributed by atoms with Crippen molar-refractivity contribution in [1.82, 2.24) is 10.3 Å². The van der Waals surface area contributed by atoms with E-state index < -0.39 is 23.9 Å². The number of fused-ring (bicyclic) bond motifs is 3. The van der Waals surface area contributed by atoms with Crippen LogP contribution in [0.15, 0.2) is 42.5 Å². The predicted octanol–water partition coefficient (Wildman–Crippen LogP) is 4.72. The minimum Gasteiger partial charge on any atom is -0.508 e. The Balaban J connectivity index is 1.90. The van der Waals surface area contributed by atoms with Gasteiger partial charge < -0.3 is 19.6 Å². The molecule has 6 nitrogen and oxygen atoms in total. The number of nitrogens with one attached hydrogen (secondary N) is 2. The average molecular weight is 448 g/mol. The Kier molecular flexibility index (Phi) is 5.54. The largest absolute Gasteiger partial charge is 0.573 e. The van der Waals surface area contributed by atoms with Crippen LogP contribution in [0, 0.1) is 0 Å². The maximum absolute atomic E-state index is 13.0. The maximum Gasteiger partial charge on any atom is 0.573 e. The molecule has 0 spiro atoms. The van der Waals surface area contributed by atoms with Crippen molar-refractivity contribution in [2.75, 3.05) is 6.61 Å². The fourth-order valence-electron chi connectivity index (χ4n) is 4.31. The number of H-pyrrole nitrogens is 1. The lowest BCUT2D eigenvalue weighted by Crippen LogP contribution is -2.58. The van der Waals surface area contributed by atoms with Gasteiger partial charge in [-0.25, -0.2) is 0 Å². The molecule has 1 aromatic heterocycles. The molecule has 2 unspecified atom stereocenters. The zero-order valence-corrected chi connectivity index (χ0v) is 17.5. The van der Waals surface area contributed by atoms with Gasteiger partial charge in [-0.15, -0.1) is 13.2 Å². The number of ether oxygens (including phenoxy) is 2. The van der Waals surface area contributed by atoms with Crippen LogP contribution in [0.5, 0.6) is 11.5 Å². The van der Waals surface area contributed by atoms with Gasteiger partial charge in [0.25, 0.3) is 0 Å². The number of halogens is 3. The first-order valence-electron chi connectivity index (χ1n) is 10.3. The lowest BCUT2D eigenvalue weighted by molar-refractivity contribution is -0.274. The fourth-order valence-corrected chi connectivity index (χ4v) is 4.31. The summed E-state index contributed by atoms with van der Waals surface area (Å²) < 4.78 is 47.8. The monoisotopic (exact) mass is 448 g/mol. The van der Waals surface area contributed by atoms with Crippen molar-refractivity contribution in [3.05, 3.63) is 59.3 Å². The third-order valence-electron chi connectivity index (χ3n) is 5.81. The van der Waals surface area contributed by atoms with Crippen LogP contribution in [0.25, 0.3) is 10.9 Å². The van der Waals surface area contributed by atoms with Gasteiger partial charge in [0.2, 0.25) is 0 Å². The predicted molar refractivity (Wildman–Crippen MR) is 111 cm³/mol. The van der Waals surface area contributed by atoms with Crippen molar-refractivity contribution >= 4 is 16.9 Å². The molecule has 0 fully saturated rings. The normalized spacial score (nSPS) is 20.7. The van der Waals surface area contributed by atoms with Crippen LogP contribution in [-0.4, -0.2) is 34.6 Å². The van der Waals surface area contributed by atoms with Crippen LogP contribution < -0.4 is 10.1 Å². The maximum atomic E-state index is 13.0. The van der Waals surface area contributed by atoms with E-state index in [0.717, 1.165) is 0 Å². The lowest BCUT2D eigenvalue weighted by Gasteiger charge is -2.40. The number of aromatic nitrogens is 1. The minimum absolute atomic E-state index is 0.0617. The molecule has 3 N–H and O–H groups in total. The Hall–Kier alpha value is -3.20. The number of aromatic hydroxyl groups is 1. The summed E-state index contributed by atoms with van der Waals surface area (Å²) in [5.41, 5.74) is 1.64. The van der Waals surface area contributed by atoms with E-state index >= 15 is 0 Å². The van der Waals surface area contributed by atoms with Crippen LogP contribution in [0.4, 0.5) is 13.2 Å². The summed E-state index contributed by atoms with van der Waals surface area (Å²) in [5.74, 6) is -0.709. The summed E-state index contributed by atoms with van der Waals surface area (Å²) in [4.78, 5) is 16.3. The first-order valence-corrected chi connectivity index (χ1v) is 10.3. The third kappa shape index (κ3) is 4.00. The smallest absolute Gasteiger partial charge is 0.508 e. The standard InChI is InChI=1S/C23H23F3N2O4/c1-3-22(21(30)31-4-2)12-17-16-11-15(32-23(24,25)26)8-9-18(16)27-20(17)19(28-22)13-6-5-7-14(29)10-13/h5-11,19,27-29H,3-4,12H2,1-2H3. The minimum atomic E-state index is -4.81. The van der Waals surface area contributed by atoms with E-state index in [4.69, 9.17) is 4.74 Å². The van der Waals surface area contributed by atoms with Gasteiger partial charge in [0.05, 0.1) is 12.6 Å². The number of alkyl halides is 3. The van der Waals surface area contributed by atoms with Gasteiger partial charge in [-0.2, -0.15) is 0 Å². The van der Waals surface area contributed by atoms with E-state index in [1.165, 1.54) is 24.3 Å². The summed E-state index contributed by atoms with van der Waals surface area (Å²) in [7, 11) is 0. The molecule has 4 rings (SSSR count). The SMILES string of the molecule is CCOC(=O)C1(CC)Cc2c([nH]c3ccc(OC(F)(F)F)cc23)C(c2cccc(O)c2)N1. The van der Waals surface area contributed by atoms with Gasteiger partial charge in [-0.1, -0.05) is 19.1 Å². The van der Waals surface area contributed by atoms with Gasteiger partial charge >= 0.3 is 12.3 Å². The highest BCUT2D eigenvalue weighted by molar-refractivity contribution is 5.90. The number of phenols is 1. The topological polar surface area (TPSA) is 83.6 Å². The summed E-state index contributed by atoms with van der Waals surface area (Å²) in [5, 5.41) is 13.9. The van der Waals surface area contributed by atoms with Crippen molar-refractivity contribution < 1.29 is 32.5 Å². The van der Waals surface area contributed by atoms with Gasteiger partial charge in [-0.3, -0.25) is 10.1 Å². The van der Waals surface area contributed by atoms with Crippen molar-refractivity contribution in [3.63, 3.8) is 0 Å². The molecule has 0 bridgehead atoms. The molecule has 32 heavy (non-hydrogen) atoms. The number of carbonyl (C=O) groups excluding carboxylic acids is 1. The van der Waals surface area contributed by atoms with Crippen LogP contribution in [0.1, 0.15) is 43.1 Å². The summed E-state index contributed by atoms with van der Waals surface area (Å²) in [6.45, 7) is 3.76. The average Bonchev–Trinajstić information content (AvgIpc) is 3.09. The number of rotatable bonds is 5. The Bertz CT molecular complexity index is 1160. The highest BCUT2D eigenvalue weighted by atomic mass is 19.4. The molecule has 9 heteroatoms. The van der Waals surface area contributed by atoms with E-state index in [1.807, 2.05) is 13.0 Å². The zero-order chi connectivity index (χ0) is 23.1. The van der Waals surface area contributed by atoms with Crippen molar-refractivity contribution in [2.45, 2.75) is 44.6 Å². The second-order valence-electron chi connectivity index (χ2n) is 7.78. The number of aromatic amines is 1. The number of hydrogen-bond donors (Lipinski definition) is 3. The van der Waals surface area contributed by atoms with Gasteiger partial charge in [-0.05, 0) is 54.8 Å². The second-order valence-corrected chi connectivity index (χ2v) is 7.78. The summed E-state index contributed by atoms with van der Waals surface area (Å²) >= 11 is 0. The Morgan fingerprint density at radius 3 is 2.66 bits per heavy atom. The van der Waals surface area contributed by atoms with E-state index in [2.05, 4.69) is 15.0 Å². The van der Waals surface area contributed by atoms with Gasteiger partial charge in [0, 0.05) is 23.0 Å². The Labute approximate surface area is 182 Å². The molecule has 2 heterocycles. The summed E-state index contributed by atoms with van der Waals surface area (Å²) in [6.07, 6.45) is -4.19. The number of hydrogen-bond acceptors (Lipinski definition) is 5. The molecular formula is C23H23F3N2O4. The third-order valence-corrected chi connectivity index (χ3v) is 5.81. The van der Waals surface area contributed by atoms with Gasteiger partial charge in [0.15, 0.2) is 0 Å². The van der Waals surface area contributed by atoms with Crippen LogP contribution >= 0.6 is 0 Å². The number of phenolic OH excluding ortho intramolecular Hbond substituents is 1. The Morgan fingerprint density at radius 1 is 1.22 bits per heavy atom. The van der Waals surface area contributed by atoms with E-state index in [-0.39, 0.29) is 24.5 Å². The molecule has 0 amide bonds. The fraction of sp³-hybridized carbons (Fsp3) is 0.348.